The van der Waals surface area contributed by atoms with Crippen LogP contribution in [0.15, 0.2) is 0 Å². The molecule has 0 radical (unpaired) electrons. The Morgan fingerprint density at radius 1 is 1.00 bits per heavy atom. The lowest BCUT2D eigenvalue weighted by Crippen LogP contribution is -2.58. The van der Waals surface area contributed by atoms with Crippen molar-refractivity contribution in [2.45, 2.75) is 58.7 Å². The fourth-order valence-corrected chi connectivity index (χ4v) is 4.25. The number of hydrogen-bond donors (Lipinski definition) is 2. The predicted molar refractivity (Wildman–Crippen MR) is 55.9 cm³/mol. The Labute approximate surface area is 86.3 Å². The van der Waals surface area contributed by atoms with Crippen molar-refractivity contribution in [3.8, 4) is 0 Å². The first-order chi connectivity index (χ1) is 6.09. The fraction of sp³-hybridized carbons (Fsp3) is 1.00. The van der Waals surface area contributed by atoms with Crippen molar-refractivity contribution in [2.75, 3.05) is 0 Å². The van der Waals surface area contributed by atoms with Crippen molar-refractivity contribution in [1.29, 1.82) is 0 Å². The first-order valence-corrected chi connectivity index (χ1v) is 5.54. The van der Waals surface area contributed by atoms with Gasteiger partial charge < -0.3 is 10.2 Å². The van der Waals surface area contributed by atoms with Gasteiger partial charge in [-0.05, 0) is 38.0 Å². The normalized spacial score (nSPS) is 60.6. The van der Waals surface area contributed by atoms with Crippen LogP contribution in [0.1, 0.15) is 47.5 Å². The molecule has 2 heteroatoms. The van der Waals surface area contributed by atoms with Gasteiger partial charge in [0.2, 0.25) is 0 Å². The molecule has 0 saturated heterocycles. The average Bonchev–Trinajstić information content (AvgIpc) is 2.26. The number of hydrogen-bond acceptors (Lipinski definition) is 2. The molecule has 2 bridgehead atoms. The maximum absolute atomic E-state index is 10.6. The lowest BCUT2D eigenvalue weighted by atomic mass is 9.63. The van der Waals surface area contributed by atoms with Crippen LogP contribution < -0.4 is 0 Å². The van der Waals surface area contributed by atoms with Gasteiger partial charge in [-0.1, -0.05) is 20.8 Å². The van der Waals surface area contributed by atoms with Crippen molar-refractivity contribution in [3.63, 3.8) is 0 Å². The van der Waals surface area contributed by atoms with Crippen LogP contribution in [0, 0.1) is 16.7 Å². The zero-order chi connectivity index (χ0) is 11.0. The summed E-state index contributed by atoms with van der Waals surface area (Å²) in [6.45, 7) is 10.1. The summed E-state index contributed by atoms with van der Waals surface area (Å²) in [5, 5.41) is 21.0. The van der Waals surface area contributed by atoms with Crippen LogP contribution in [0.3, 0.4) is 0 Å². The van der Waals surface area contributed by atoms with E-state index >= 15 is 0 Å². The molecule has 4 atom stereocenters. The van der Waals surface area contributed by atoms with Crippen LogP contribution in [-0.2, 0) is 0 Å². The van der Waals surface area contributed by atoms with E-state index in [0.29, 0.717) is 0 Å². The Bertz CT molecular complexity index is 270. The molecule has 0 unspecified atom stereocenters. The van der Waals surface area contributed by atoms with Crippen LogP contribution in [0.5, 0.6) is 0 Å². The Balaban J connectivity index is 2.62. The molecule has 82 valence electrons. The van der Waals surface area contributed by atoms with Gasteiger partial charge in [0.15, 0.2) is 0 Å². The molecule has 14 heavy (non-hydrogen) atoms. The van der Waals surface area contributed by atoms with E-state index in [1.54, 1.807) is 13.8 Å². The molecule has 0 aliphatic heterocycles. The number of rotatable bonds is 0. The van der Waals surface area contributed by atoms with Crippen LogP contribution >= 0.6 is 0 Å². The van der Waals surface area contributed by atoms with E-state index in [2.05, 4.69) is 20.8 Å². The molecule has 2 aliphatic rings. The maximum Gasteiger partial charge on any atom is 0.0963 e. The molecule has 2 rings (SSSR count). The molecule has 0 heterocycles. The monoisotopic (exact) mass is 198 g/mol. The summed E-state index contributed by atoms with van der Waals surface area (Å²) in [4.78, 5) is 0. The van der Waals surface area contributed by atoms with Crippen LogP contribution in [0.2, 0.25) is 0 Å². The molecule has 2 N–H and O–H groups in total. The molecule has 2 fully saturated rings. The number of aliphatic hydroxyl groups is 2. The summed E-state index contributed by atoms with van der Waals surface area (Å²) in [7, 11) is 0. The van der Waals surface area contributed by atoms with E-state index in [4.69, 9.17) is 0 Å². The second-order valence-electron chi connectivity index (χ2n) is 6.36. The van der Waals surface area contributed by atoms with Gasteiger partial charge in [-0.3, -0.25) is 0 Å². The fourth-order valence-electron chi connectivity index (χ4n) is 4.25. The molecule has 0 aromatic carbocycles. The third-order valence-corrected chi connectivity index (χ3v) is 5.96. The van der Waals surface area contributed by atoms with Gasteiger partial charge >= 0.3 is 0 Å². The van der Waals surface area contributed by atoms with Gasteiger partial charge in [-0.25, -0.2) is 0 Å². The topological polar surface area (TPSA) is 40.5 Å². The minimum absolute atomic E-state index is 0.0278. The lowest BCUT2D eigenvalue weighted by molar-refractivity contribution is -0.186. The van der Waals surface area contributed by atoms with E-state index in [1.807, 2.05) is 0 Å². The minimum Gasteiger partial charge on any atom is -0.387 e. The largest absolute Gasteiger partial charge is 0.387 e. The predicted octanol–water partition coefficient (Wildman–Crippen LogP) is 1.94. The zero-order valence-electron chi connectivity index (χ0n) is 9.89. The van der Waals surface area contributed by atoms with E-state index in [-0.39, 0.29) is 16.7 Å². The van der Waals surface area contributed by atoms with E-state index in [0.717, 1.165) is 12.8 Å². The second kappa shape index (κ2) is 2.19. The van der Waals surface area contributed by atoms with Crippen LogP contribution in [0.4, 0.5) is 0 Å². The molecule has 0 aromatic heterocycles. The highest BCUT2D eigenvalue weighted by Crippen LogP contribution is 2.72. The smallest absolute Gasteiger partial charge is 0.0963 e. The van der Waals surface area contributed by atoms with Gasteiger partial charge in [0.25, 0.3) is 0 Å². The molecular weight excluding hydrogens is 176 g/mol. The van der Waals surface area contributed by atoms with Crippen LogP contribution in [-0.4, -0.2) is 21.4 Å². The third-order valence-electron chi connectivity index (χ3n) is 5.96. The highest BCUT2D eigenvalue weighted by atomic mass is 16.4. The van der Waals surface area contributed by atoms with Gasteiger partial charge in [0.1, 0.15) is 0 Å². The summed E-state index contributed by atoms with van der Waals surface area (Å²) >= 11 is 0. The second-order valence-corrected chi connectivity index (χ2v) is 6.36. The molecule has 0 aromatic rings. The average molecular weight is 198 g/mol. The molecular formula is C12H22O2. The Morgan fingerprint density at radius 3 is 1.71 bits per heavy atom. The Kier molecular flexibility index (Phi) is 1.64. The van der Waals surface area contributed by atoms with E-state index in [1.165, 1.54) is 0 Å². The SMILES string of the molecule is CC1(C)[C@H]2CC[C@@]1(C)[C@@](C)(O)[C@@]2(C)O. The Morgan fingerprint density at radius 2 is 1.50 bits per heavy atom. The van der Waals surface area contributed by atoms with Crippen molar-refractivity contribution in [2.24, 2.45) is 16.7 Å². The van der Waals surface area contributed by atoms with Crippen molar-refractivity contribution < 1.29 is 10.2 Å². The maximum atomic E-state index is 10.6. The van der Waals surface area contributed by atoms with Crippen LogP contribution in [0.25, 0.3) is 0 Å². The van der Waals surface area contributed by atoms with E-state index in [9.17, 15) is 10.2 Å². The van der Waals surface area contributed by atoms with Crippen molar-refractivity contribution in [3.05, 3.63) is 0 Å². The standard InChI is InChI=1S/C12H22O2/c1-9(2)8-6-7-10(9,3)12(5,14)11(8,4)13/h8,13-14H,6-7H2,1-5H3/t8-,10-,11+,12-/m1/s1. The number of fused-ring (bicyclic) bond motifs is 2. The highest BCUT2D eigenvalue weighted by molar-refractivity contribution is 5.25. The lowest BCUT2D eigenvalue weighted by Gasteiger charge is -2.47. The summed E-state index contributed by atoms with van der Waals surface area (Å²) < 4.78 is 0. The molecule has 0 amide bonds. The minimum atomic E-state index is -0.966. The first-order valence-electron chi connectivity index (χ1n) is 5.54. The summed E-state index contributed by atoms with van der Waals surface area (Å²) in [6.07, 6.45) is 2.06. The van der Waals surface area contributed by atoms with Gasteiger partial charge in [0, 0.05) is 5.41 Å². The summed E-state index contributed by atoms with van der Waals surface area (Å²) in [5.74, 6) is 0.218. The van der Waals surface area contributed by atoms with Gasteiger partial charge in [0.05, 0.1) is 11.2 Å². The quantitative estimate of drug-likeness (QED) is 0.624. The third kappa shape index (κ3) is 0.704. The highest BCUT2D eigenvalue weighted by Gasteiger charge is 2.76. The Hall–Kier alpha value is -0.0800. The van der Waals surface area contributed by atoms with Gasteiger partial charge in [-0.2, -0.15) is 0 Å². The molecule has 0 spiro atoms. The zero-order valence-corrected chi connectivity index (χ0v) is 9.89. The summed E-state index contributed by atoms with van der Waals surface area (Å²) in [5.41, 5.74) is -2.04. The molecule has 2 saturated carbocycles. The molecule has 2 nitrogen and oxygen atoms in total. The summed E-state index contributed by atoms with van der Waals surface area (Å²) in [6, 6.07) is 0. The van der Waals surface area contributed by atoms with E-state index < -0.39 is 11.2 Å². The first kappa shape index (κ1) is 10.4. The molecule has 2 aliphatic carbocycles. The van der Waals surface area contributed by atoms with Gasteiger partial charge in [-0.15, -0.1) is 0 Å². The van der Waals surface area contributed by atoms with Crippen molar-refractivity contribution >= 4 is 0 Å². The van der Waals surface area contributed by atoms with Crippen molar-refractivity contribution in [1.82, 2.24) is 0 Å².